The topological polar surface area (TPSA) is 66.5 Å². The van der Waals surface area contributed by atoms with Crippen molar-refractivity contribution in [1.29, 1.82) is 0 Å². The predicted molar refractivity (Wildman–Crippen MR) is 115 cm³/mol. The van der Waals surface area contributed by atoms with Crippen molar-refractivity contribution in [2.24, 2.45) is 5.41 Å². The van der Waals surface area contributed by atoms with Crippen molar-refractivity contribution in [2.75, 3.05) is 0 Å². The van der Waals surface area contributed by atoms with E-state index >= 15 is 0 Å². The fourth-order valence-electron chi connectivity index (χ4n) is 4.60. The number of benzene rings is 2. The molecule has 2 amide bonds. The minimum Gasteiger partial charge on any atom is -0.326 e. The molecule has 0 fully saturated rings. The van der Waals surface area contributed by atoms with Crippen LogP contribution in [0.4, 0.5) is 17.6 Å². The summed E-state index contributed by atoms with van der Waals surface area (Å²) in [6, 6.07) is 12.2. The van der Waals surface area contributed by atoms with Gasteiger partial charge in [0.05, 0.1) is 12.1 Å². The molecule has 0 radical (unpaired) electrons. The average Bonchev–Trinajstić information content (AvgIpc) is 2.98. The molecular formula is C25H22F4N2O3. The highest BCUT2D eigenvalue weighted by atomic mass is 19.4. The predicted octanol–water partition coefficient (Wildman–Crippen LogP) is 4.54. The fourth-order valence-corrected chi connectivity index (χ4v) is 4.60. The van der Waals surface area contributed by atoms with Gasteiger partial charge in [0.1, 0.15) is 5.82 Å². The molecule has 1 aliphatic carbocycles. The van der Waals surface area contributed by atoms with E-state index in [-0.39, 0.29) is 30.6 Å². The third-order valence-electron chi connectivity index (χ3n) is 6.14. The Kier molecular flexibility index (Phi) is 5.62. The van der Waals surface area contributed by atoms with Crippen LogP contribution in [0, 0.1) is 11.2 Å². The zero-order valence-electron chi connectivity index (χ0n) is 18.5. The van der Waals surface area contributed by atoms with Crippen LogP contribution in [-0.4, -0.2) is 34.2 Å². The largest absolute Gasteiger partial charge is 0.425 e. The van der Waals surface area contributed by atoms with Gasteiger partial charge in [0.15, 0.2) is 5.78 Å². The summed E-state index contributed by atoms with van der Waals surface area (Å²) in [6.07, 6.45) is -5.47. The molecule has 1 heterocycles. The molecule has 178 valence electrons. The van der Waals surface area contributed by atoms with Crippen LogP contribution >= 0.6 is 0 Å². The third kappa shape index (κ3) is 3.89. The average molecular weight is 474 g/mol. The summed E-state index contributed by atoms with van der Waals surface area (Å²) in [5.74, 6) is -3.96. The van der Waals surface area contributed by atoms with Crippen LogP contribution in [0.3, 0.4) is 0 Å². The van der Waals surface area contributed by atoms with Gasteiger partial charge in [0.2, 0.25) is 5.54 Å². The van der Waals surface area contributed by atoms with Gasteiger partial charge in [-0.15, -0.1) is 0 Å². The van der Waals surface area contributed by atoms with Gasteiger partial charge in [0, 0.05) is 17.7 Å². The number of halogens is 4. The minimum atomic E-state index is -5.29. The minimum absolute atomic E-state index is 0.0278. The van der Waals surface area contributed by atoms with Gasteiger partial charge in [0.25, 0.3) is 11.8 Å². The van der Waals surface area contributed by atoms with Gasteiger partial charge in [-0.2, -0.15) is 13.2 Å². The van der Waals surface area contributed by atoms with Crippen LogP contribution in [0.1, 0.15) is 42.6 Å². The van der Waals surface area contributed by atoms with Crippen molar-refractivity contribution in [1.82, 2.24) is 10.2 Å². The van der Waals surface area contributed by atoms with E-state index in [4.69, 9.17) is 0 Å². The van der Waals surface area contributed by atoms with E-state index < -0.39 is 46.1 Å². The number of amides is 2. The van der Waals surface area contributed by atoms with Gasteiger partial charge >= 0.3 is 6.18 Å². The number of nitrogens with zero attached hydrogens (tertiary/aromatic N) is 1. The number of carbonyl (C=O) groups excluding carboxylic acids is 3. The Morgan fingerprint density at radius 3 is 2.21 bits per heavy atom. The first kappa shape index (κ1) is 23.7. The Labute approximate surface area is 193 Å². The van der Waals surface area contributed by atoms with E-state index in [1.165, 1.54) is 36.4 Å². The third-order valence-corrected chi connectivity index (χ3v) is 6.14. The standard InChI is InChI=1S/C25H22F4N2O3/c1-23(2)12-18-20(19(32)13-23)24(25(27,28)29,30-21(33)16-6-4-3-5-7-16)22(34)31(18)14-15-8-10-17(26)11-9-15/h3-11H,12-14H2,1-2H3,(H,30,33). The summed E-state index contributed by atoms with van der Waals surface area (Å²) in [4.78, 5) is 40.4. The summed E-state index contributed by atoms with van der Waals surface area (Å²) < 4.78 is 57.6. The molecule has 5 nitrogen and oxygen atoms in total. The molecule has 0 saturated heterocycles. The monoisotopic (exact) mass is 474 g/mol. The van der Waals surface area contributed by atoms with Crippen molar-refractivity contribution in [3.05, 3.63) is 82.8 Å². The SMILES string of the molecule is CC1(C)CC(=O)C2=C(C1)N(Cc1ccc(F)cc1)C(=O)C2(NC(=O)c1ccccc1)C(F)(F)F. The van der Waals surface area contributed by atoms with E-state index in [1.807, 2.05) is 5.32 Å². The molecule has 2 aromatic carbocycles. The van der Waals surface area contributed by atoms with E-state index in [2.05, 4.69) is 0 Å². The van der Waals surface area contributed by atoms with Crippen LogP contribution in [0.5, 0.6) is 0 Å². The molecule has 2 aliphatic rings. The van der Waals surface area contributed by atoms with E-state index in [0.29, 0.717) is 5.56 Å². The lowest BCUT2D eigenvalue weighted by Gasteiger charge is -2.35. The lowest BCUT2D eigenvalue weighted by molar-refractivity contribution is -0.190. The summed E-state index contributed by atoms with van der Waals surface area (Å²) in [6.45, 7) is 3.15. The molecule has 1 atom stereocenters. The second kappa shape index (κ2) is 8.07. The first-order valence-electron chi connectivity index (χ1n) is 10.6. The van der Waals surface area contributed by atoms with Gasteiger partial charge in [-0.1, -0.05) is 44.2 Å². The van der Waals surface area contributed by atoms with Gasteiger partial charge in [-0.3, -0.25) is 14.4 Å². The maximum atomic E-state index is 14.7. The first-order valence-corrected chi connectivity index (χ1v) is 10.6. The Bertz CT molecular complexity index is 1190. The number of ketones is 1. The van der Waals surface area contributed by atoms with Crippen LogP contribution in [0.2, 0.25) is 0 Å². The summed E-state index contributed by atoms with van der Waals surface area (Å²) in [5.41, 5.74) is -4.71. The zero-order valence-corrected chi connectivity index (χ0v) is 18.5. The van der Waals surface area contributed by atoms with Gasteiger partial charge in [-0.05, 0) is 41.7 Å². The number of hydrogen-bond donors (Lipinski definition) is 1. The fraction of sp³-hybridized carbons (Fsp3) is 0.320. The second-order valence-electron chi connectivity index (χ2n) is 9.35. The second-order valence-corrected chi connectivity index (χ2v) is 9.35. The van der Waals surface area contributed by atoms with Crippen LogP contribution in [0.15, 0.2) is 65.9 Å². The van der Waals surface area contributed by atoms with Gasteiger partial charge < -0.3 is 10.2 Å². The molecular weight excluding hydrogens is 452 g/mol. The molecule has 2 aromatic rings. The number of carbonyl (C=O) groups is 3. The number of hydrogen-bond acceptors (Lipinski definition) is 3. The number of Topliss-reactive ketones (excluding diaryl/α,β-unsaturated/α-hetero) is 1. The Morgan fingerprint density at radius 2 is 1.62 bits per heavy atom. The molecule has 34 heavy (non-hydrogen) atoms. The smallest absolute Gasteiger partial charge is 0.326 e. The molecule has 0 bridgehead atoms. The first-order chi connectivity index (χ1) is 15.9. The summed E-state index contributed by atoms with van der Waals surface area (Å²) in [5, 5.41) is 1.89. The summed E-state index contributed by atoms with van der Waals surface area (Å²) in [7, 11) is 0. The lowest BCUT2D eigenvalue weighted by atomic mass is 9.72. The highest BCUT2D eigenvalue weighted by Gasteiger charge is 2.71. The van der Waals surface area contributed by atoms with Crippen molar-refractivity contribution in [3.63, 3.8) is 0 Å². The molecule has 0 aromatic heterocycles. The van der Waals surface area contributed by atoms with E-state index in [9.17, 15) is 31.9 Å². The number of nitrogens with one attached hydrogen (secondary N) is 1. The highest BCUT2D eigenvalue weighted by molar-refractivity contribution is 6.14. The number of alkyl halides is 3. The molecule has 4 rings (SSSR count). The van der Waals surface area contributed by atoms with Crippen LogP contribution in [-0.2, 0) is 16.1 Å². The maximum Gasteiger partial charge on any atom is 0.425 e. The Balaban J connectivity index is 1.87. The maximum absolute atomic E-state index is 14.7. The van der Waals surface area contributed by atoms with Crippen molar-refractivity contribution < 1.29 is 31.9 Å². The molecule has 1 unspecified atom stereocenters. The summed E-state index contributed by atoms with van der Waals surface area (Å²) >= 11 is 0. The normalized spacial score (nSPS) is 22.1. The van der Waals surface area contributed by atoms with Crippen LogP contribution in [0.25, 0.3) is 0 Å². The zero-order chi connectivity index (χ0) is 24.9. The van der Waals surface area contributed by atoms with E-state index in [0.717, 1.165) is 17.0 Å². The van der Waals surface area contributed by atoms with Crippen molar-refractivity contribution in [2.45, 2.75) is 44.9 Å². The molecule has 9 heteroatoms. The van der Waals surface area contributed by atoms with Crippen molar-refractivity contribution >= 4 is 17.6 Å². The lowest BCUT2D eigenvalue weighted by Crippen LogP contribution is -2.66. The molecule has 0 saturated carbocycles. The van der Waals surface area contributed by atoms with Gasteiger partial charge in [-0.25, -0.2) is 4.39 Å². The van der Waals surface area contributed by atoms with Crippen LogP contribution < -0.4 is 5.32 Å². The van der Waals surface area contributed by atoms with Crippen molar-refractivity contribution in [3.8, 4) is 0 Å². The quantitative estimate of drug-likeness (QED) is 0.662. The number of rotatable bonds is 4. The Morgan fingerprint density at radius 1 is 1.00 bits per heavy atom. The Hall–Kier alpha value is -3.49. The molecule has 1 aliphatic heterocycles. The number of allylic oxidation sites excluding steroid dienone is 1. The molecule has 0 spiro atoms. The highest BCUT2D eigenvalue weighted by Crippen LogP contribution is 2.52. The molecule has 1 N–H and O–H groups in total. The van der Waals surface area contributed by atoms with E-state index in [1.54, 1.807) is 19.9 Å².